The molecular weight excluding hydrogens is 361 g/mol. The van der Waals surface area contributed by atoms with Crippen molar-refractivity contribution in [3.05, 3.63) is 35.4 Å². The van der Waals surface area contributed by atoms with Gasteiger partial charge in [0, 0.05) is 0 Å². The fraction of sp³-hybridized carbons (Fsp3) is 0.667. The molecule has 1 aromatic carbocycles. The van der Waals surface area contributed by atoms with Gasteiger partial charge in [0.15, 0.2) is 34.7 Å². The number of hydrogen-bond acceptors (Lipinski definition) is 2. The minimum atomic E-state index is -1.46. The maximum atomic E-state index is 6.26. The molecule has 24 heavy (non-hydrogen) atoms. The van der Waals surface area contributed by atoms with Crippen molar-refractivity contribution in [1.29, 1.82) is 0 Å². The van der Waals surface area contributed by atoms with Crippen molar-refractivity contribution in [2.75, 3.05) is 0 Å². The van der Waals surface area contributed by atoms with Crippen molar-refractivity contribution in [2.45, 2.75) is 77.3 Å². The summed E-state index contributed by atoms with van der Waals surface area (Å²) in [5.74, 6) is 0. The molecule has 0 aliphatic heterocycles. The molecule has 0 fully saturated rings. The van der Waals surface area contributed by atoms with Crippen LogP contribution in [0.25, 0.3) is 0 Å². The summed E-state index contributed by atoms with van der Waals surface area (Å²) in [6.45, 7) is 18.6. The van der Waals surface area contributed by atoms with Crippen molar-refractivity contribution in [1.82, 2.24) is 0 Å². The molecule has 0 spiro atoms. The van der Waals surface area contributed by atoms with Crippen LogP contribution < -0.4 is 0 Å². The fourth-order valence-corrected chi connectivity index (χ4v) is 16.1. The largest absolute Gasteiger partial charge is 0.458 e. The SMILES string of the molecule is C[SiH](C)O[Si](C)(C)CCc1ccc(CC[Si](C)(C)O[SiH](C)C)cc1. The van der Waals surface area contributed by atoms with Crippen LogP contribution in [0.15, 0.2) is 24.3 Å². The first-order valence-corrected chi connectivity index (χ1v) is 21.2. The van der Waals surface area contributed by atoms with Gasteiger partial charge < -0.3 is 8.23 Å². The normalized spacial score (nSPS) is 13.1. The maximum Gasteiger partial charge on any atom is 0.173 e. The third-order valence-corrected chi connectivity index (χ3v) is 15.9. The molecule has 0 aliphatic carbocycles. The summed E-state index contributed by atoms with van der Waals surface area (Å²) < 4.78 is 12.5. The van der Waals surface area contributed by atoms with Crippen LogP contribution >= 0.6 is 0 Å². The molecule has 138 valence electrons. The van der Waals surface area contributed by atoms with Crippen LogP contribution in [0.2, 0.25) is 64.5 Å². The minimum absolute atomic E-state index is 0.909. The van der Waals surface area contributed by atoms with Gasteiger partial charge in [-0.25, -0.2) is 0 Å². The molecule has 0 aromatic heterocycles. The fourth-order valence-electron chi connectivity index (χ4n) is 3.16. The van der Waals surface area contributed by atoms with E-state index in [0.717, 1.165) is 12.8 Å². The highest BCUT2D eigenvalue weighted by Gasteiger charge is 2.24. The number of aryl methyl sites for hydroxylation is 2. The highest BCUT2D eigenvalue weighted by Crippen LogP contribution is 2.19. The number of hydrogen-bond donors (Lipinski definition) is 0. The average Bonchev–Trinajstić information content (AvgIpc) is 2.41. The van der Waals surface area contributed by atoms with E-state index in [1.165, 1.54) is 23.2 Å². The lowest BCUT2D eigenvalue weighted by molar-refractivity contribution is 0.568. The molecule has 0 amide bonds. The second kappa shape index (κ2) is 9.64. The van der Waals surface area contributed by atoms with Gasteiger partial charge in [-0.3, -0.25) is 0 Å². The van der Waals surface area contributed by atoms with E-state index in [9.17, 15) is 0 Å². The Hall–Kier alpha value is 0.00753. The Labute approximate surface area is 155 Å². The molecule has 2 nitrogen and oxygen atoms in total. The lowest BCUT2D eigenvalue weighted by Gasteiger charge is -2.26. The molecular formula is C18H38O2Si4. The van der Waals surface area contributed by atoms with Crippen LogP contribution in [-0.2, 0) is 21.1 Å². The van der Waals surface area contributed by atoms with Crippen LogP contribution in [0.4, 0.5) is 0 Å². The Kier molecular flexibility index (Phi) is 8.85. The second-order valence-electron chi connectivity index (χ2n) is 8.67. The average molecular weight is 399 g/mol. The topological polar surface area (TPSA) is 18.5 Å². The van der Waals surface area contributed by atoms with Gasteiger partial charge in [-0.2, -0.15) is 0 Å². The Morgan fingerprint density at radius 1 is 0.667 bits per heavy atom. The molecule has 0 unspecified atom stereocenters. The molecule has 0 N–H and O–H groups in total. The first-order valence-electron chi connectivity index (χ1n) is 9.42. The van der Waals surface area contributed by atoms with E-state index in [2.05, 4.69) is 76.6 Å². The van der Waals surface area contributed by atoms with Gasteiger partial charge in [0.2, 0.25) is 0 Å². The van der Waals surface area contributed by atoms with Crippen LogP contribution in [0, 0.1) is 0 Å². The number of benzene rings is 1. The summed E-state index contributed by atoms with van der Waals surface area (Å²) in [7, 11) is -4.75. The second-order valence-corrected chi connectivity index (χ2v) is 22.8. The Morgan fingerprint density at radius 2 is 0.958 bits per heavy atom. The highest BCUT2D eigenvalue weighted by molar-refractivity contribution is 6.78. The quantitative estimate of drug-likeness (QED) is 0.505. The van der Waals surface area contributed by atoms with Crippen LogP contribution in [0.1, 0.15) is 11.1 Å². The monoisotopic (exact) mass is 398 g/mol. The summed E-state index contributed by atoms with van der Waals surface area (Å²) in [4.78, 5) is 0. The Balaban J connectivity index is 2.48. The predicted octanol–water partition coefficient (Wildman–Crippen LogP) is 5.18. The van der Waals surface area contributed by atoms with Crippen molar-refractivity contribution >= 4 is 34.7 Å². The van der Waals surface area contributed by atoms with Gasteiger partial charge in [-0.1, -0.05) is 24.3 Å². The molecule has 0 bridgehead atoms. The predicted molar refractivity (Wildman–Crippen MR) is 118 cm³/mol. The zero-order valence-corrected chi connectivity index (χ0v) is 21.4. The minimum Gasteiger partial charge on any atom is -0.458 e. The third-order valence-electron chi connectivity index (χ3n) is 4.16. The van der Waals surface area contributed by atoms with Crippen LogP contribution in [0.5, 0.6) is 0 Å². The zero-order chi connectivity index (χ0) is 18.4. The summed E-state index contributed by atoms with van der Waals surface area (Å²) in [5, 5.41) is 0. The first kappa shape index (κ1) is 22.0. The van der Waals surface area contributed by atoms with Gasteiger partial charge in [0.05, 0.1) is 0 Å². The molecule has 6 heteroatoms. The lowest BCUT2D eigenvalue weighted by atomic mass is 10.1. The van der Waals surface area contributed by atoms with Crippen LogP contribution in [-0.4, -0.2) is 34.7 Å². The van der Waals surface area contributed by atoms with E-state index in [1.54, 1.807) is 0 Å². The summed E-state index contributed by atoms with van der Waals surface area (Å²) in [5.41, 5.74) is 2.91. The van der Waals surface area contributed by atoms with E-state index in [-0.39, 0.29) is 0 Å². The Bertz CT molecular complexity index is 439. The van der Waals surface area contributed by atoms with Gasteiger partial charge in [-0.15, -0.1) is 0 Å². The molecule has 0 aliphatic rings. The molecule has 0 atom stereocenters. The molecule has 1 rings (SSSR count). The van der Waals surface area contributed by atoms with Gasteiger partial charge in [-0.05, 0) is 88.4 Å². The third kappa shape index (κ3) is 9.48. The van der Waals surface area contributed by atoms with Crippen molar-refractivity contribution in [3.63, 3.8) is 0 Å². The lowest BCUT2D eigenvalue weighted by Crippen LogP contribution is -2.35. The van der Waals surface area contributed by atoms with Crippen molar-refractivity contribution in [2.24, 2.45) is 0 Å². The molecule has 0 saturated carbocycles. The van der Waals surface area contributed by atoms with Crippen LogP contribution in [0.3, 0.4) is 0 Å². The van der Waals surface area contributed by atoms with E-state index in [4.69, 9.17) is 8.23 Å². The van der Waals surface area contributed by atoms with Gasteiger partial charge in [0.1, 0.15) is 0 Å². The zero-order valence-electron chi connectivity index (χ0n) is 17.1. The van der Waals surface area contributed by atoms with Crippen molar-refractivity contribution in [3.8, 4) is 0 Å². The van der Waals surface area contributed by atoms with Crippen molar-refractivity contribution < 1.29 is 8.23 Å². The van der Waals surface area contributed by atoms with E-state index < -0.39 is 34.7 Å². The smallest absolute Gasteiger partial charge is 0.173 e. The molecule has 1 aromatic rings. The first-order chi connectivity index (χ1) is 11.0. The number of rotatable bonds is 10. The standard InChI is InChI=1S/C18H38O2Si4/c1-21(2)19-23(5,6)15-13-17-9-11-18(12-10-17)14-16-24(7,8)20-22(3)4/h9-12,21-22H,13-16H2,1-8H3. The van der Waals surface area contributed by atoms with Gasteiger partial charge in [0.25, 0.3) is 0 Å². The highest BCUT2D eigenvalue weighted by atomic mass is 28.4. The maximum absolute atomic E-state index is 6.26. The van der Waals surface area contributed by atoms with E-state index in [1.807, 2.05) is 0 Å². The van der Waals surface area contributed by atoms with E-state index >= 15 is 0 Å². The summed E-state index contributed by atoms with van der Waals surface area (Å²) >= 11 is 0. The summed E-state index contributed by atoms with van der Waals surface area (Å²) in [6.07, 6.45) is 2.31. The molecule has 0 radical (unpaired) electrons. The molecule has 0 heterocycles. The van der Waals surface area contributed by atoms with Gasteiger partial charge >= 0.3 is 0 Å². The summed E-state index contributed by atoms with van der Waals surface area (Å²) in [6, 6.07) is 11.7. The van der Waals surface area contributed by atoms with E-state index in [0.29, 0.717) is 0 Å². The Morgan fingerprint density at radius 3 is 1.21 bits per heavy atom. The molecule has 0 saturated heterocycles.